The summed E-state index contributed by atoms with van der Waals surface area (Å²) in [5, 5.41) is 12.8. The number of likely N-dealkylation sites (tertiary alicyclic amines) is 1. The Morgan fingerprint density at radius 3 is 2.41 bits per heavy atom. The van der Waals surface area contributed by atoms with Crippen LogP contribution in [0.15, 0.2) is 0 Å². The molecule has 1 amide bonds. The van der Waals surface area contributed by atoms with Crippen molar-refractivity contribution in [2.75, 3.05) is 13.1 Å². The third-order valence-corrected chi connectivity index (χ3v) is 4.88. The quantitative estimate of drug-likeness (QED) is 0.817. The van der Waals surface area contributed by atoms with Gasteiger partial charge in [0.05, 0.1) is 0 Å². The highest BCUT2D eigenvalue weighted by Crippen LogP contribution is 2.24. The van der Waals surface area contributed by atoms with Gasteiger partial charge >= 0.3 is 5.97 Å². The van der Waals surface area contributed by atoms with Crippen molar-refractivity contribution in [3.05, 3.63) is 0 Å². The summed E-state index contributed by atoms with van der Waals surface area (Å²) in [6.45, 7) is 5.13. The summed E-state index contributed by atoms with van der Waals surface area (Å²) in [5.41, 5.74) is 0. The molecule has 126 valence electrons. The molecule has 1 aliphatic carbocycles. The molecule has 0 aromatic heterocycles. The Morgan fingerprint density at radius 1 is 1.14 bits per heavy atom. The van der Waals surface area contributed by atoms with E-state index >= 15 is 0 Å². The second kappa shape index (κ2) is 7.95. The fraction of sp³-hybridized carbons (Fsp3) is 0.882. The Morgan fingerprint density at radius 2 is 1.82 bits per heavy atom. The molecule has 2 fully saturated rings. The highest BCUT2D eigenvalue weighted by atomic mass is 16.4. The highest BCUT2D eigenvalue weighted by molar-refractivity contribution is 5.78. The number of carbonyl (C=O) groups is 2. The Labute approximate surface area is 133 Å². The minimum absolute atomic E-state index is 0.0288. The van der Waals surface area contributed by atoms with E-state index in [1.165, 1.54) is 32.1 Å². The number of carboxylic acid groups (broad SMARTS) is 1. The van der Waals surface area contributed by atoms with Gasteiger partial charge in [-0.3, -0.25) is 9.59 Å². The van der Waals surface area contributed by atoms with Crippen LogP contribution in [-0.4, -0.2) is 47.1 Å². The van der Waals surface area contributed by atoms with Crippen molar-refractivity contribution >= 4 is 11.9 Å². The first-order valence-corrected chi connectivity index (χ1v) is 8.72. The molecule has 0 radical (unpaired) electrons. The monoisotopic (exact) mass is 310 g/mol. The number of rotatable bonds is 5. The van der Waals surface area contributed by atoms with Gasteiger partial charge in [-0.1, -0.05) is 33.1 Å². The molecule has 2 aliphatic rings. The second-order valence-corrected chi connectivity index (χ2v) is 7.30. The lowest BCUT2D eigenvalue weighted by Gasteiger charge is -2.40. The molecule has 1 saturated carbocycles. The molecule has 0 spiro atoms. The first kappa shape index (κ1) is 17.3. The molecule has 22 heavy (non-hydrogen) atoms. The van der Waals surface area contributed by atoms with E-state index in [1.54, 1.807) is 0 Å². The largest absolute Gasteiger partial charge is 0.481 e. The summed E-state index contributed by atoms with van der Waals surface area (Å²) >= 11 is 0. The predicted octanol–water partition coefficient (Wildman–Crippen LogP) is 2.26. The molecule has 0 aromatic rings. The molecule has 0 aromatic carbocycles. The van der Waals surface area contributed by atoms with Crippen LogP contribution >= 0.6 is 0 Å². The SMILES string of the molecule is CC(C)C(=O)N1CC(CC(=O)O)CC(NC2CCCCC2)C1. The van der Waals surface area contributed by atoms with Crippen LogP contribution in [0.3, 0.4) is 0 Å². The maximum absolute atomic E-state index is 12.3. The van der Waals surface area contributed by atoms with Gasteiger partial charge < -0.3 is 15.3 Å². The van der Waals surface area contributed by atoms with E-state index in [1.807, 2.05) is 18.7 Å². The van der Waals surface area contributed by atoms with E-state index in [0.29, 0.717) is 12.6 Å². The lowest BCUT2D eigenvalue weighted by molar-refractivity contribution is -0.142. The lowest BCUT2D eigenvalue weighted by Crippen LogP contribution is -2.54. The van der Waals surface area contributed by atoms with Crippen molar-refractivity contribution in [1.29, 1.82) is 0 Å². The summed E-state index contributed by atoms with van der Waals surface area (Å²) in [6.07, 6.45) is 7.31. The van der Waals surface area contributed by atoms with Crippen LogP contribution in [0.25, 0.3) is 0 Å². The summed E-state index contributed by atoms with van der Waals surface area (Å²) in [4.78, 5) is 25.2. The number of carbonyl (C=O) groups excluding carboxylic acids is 1. The van der Waals surface area contributed by atoms with Crippen LogP contribution in [0.1, 0.15) is 58.8 Å². The van der Waals surface area contributed by atoms with Crippen LogP contribution in [-0.2, 0) is 9.59 Å². The number of carboxylic acids is 1. The fourth-order valence-electron chi connectivity index (χ4n) is 3.87. The standard InChI is InChI=1S/C17H30N2O3/c1-12(2)17(22)19-10-13(9-16(20)21)8-15(11-19)18-14-6-4-3-5-7-14/h12-15,18H,3-11H2,1-2H3,(H,20,21). The molecule has 1 saturated heterocycles. The zero-order valence-electron chi connectivity index (χ0n) is 13.9. The summed E-state index contributed by atoms with van der Waals surface area (Å²) in [7, 11) is 0. The summed E-state index contributed by atoms with van der Waals surface area (Å²) in [5.74, 6) is -0.584. The number of hydrogen-bond donors (Lipinski definition) is 2. The zero-order valence-corrected chi connectivity index (χ0v) is 13.9. The lowest BCUT2D eigenvalue weighted by atomic mass is 9.88. The van der Waals surface area contributed by atoms with E-state index in [9.17, 15) is 9.59 Å². The van der Waals surface area contributed by atoms with E-state index < -0.39 is 5.97 Å². The number of hydrogen-bond acceptors (Lipinski definition) is 3. The molecule has 2 atom stereocenters. The molecule has 0 bridgehead atoms. The van der Waals surface area contributed by atoms with Gasteiger partial charge in [0.1, 0.15) is 0 Å². The first-order valence-electron chi connectivity index (χ1n) is 8.72. The van der Waals surface area contributed by atoms with Gasteiger partial charge in [-0.15, -0.1) is 0 Å². The average Bonchev–Trinajstić information content (AvgIpc) is 2.46. The maximum Gasteiger partial charge on any atom is 0.303 e. The number of nitrogens with one attached hydrogen (secondary N) is 1. The molecule has 2 rings (SSSR count). The normalized spacial score (nSPS) is 27.1. The summed E-state index contributed by atoms with van der Waals surface area (Å²) < 4.78 is 0. The topological polar surface area (TPSA) is 69.6 Å². The van der Waals surface area contributed by atoms with Crippen molar-refractivity contribution in [2.24, 2.45) is 11.8 Å². The van der Waals surface area contributed by atoms with Gasteiger partial charge in [0, 0.05) is 37.5 Å². The van der Waals surface area contributed by atoms with E-state index in [0.717, 1.165) is 13.0 Å². The zero-order chi connectivity index (χ0) is 16.1. The van der Waals surface area contributed by atoms with Crippen molar-refractivity contribution < 1.29 is 14.7 Å². The van der Waals surface area contributed by atoms with Gasteiger partial charge in [-0.05, 0) is 25.2 Å². The Hall–Kier alpha value is -1.10. The molecule has 5 nitrogen and oxygen atoms in total. The number of piperidine rings is 1. The van der Waals surface area contributed by atoms with Crippen molar-refractivity contribution in [2.45, 2.75) is 70.9 Å². The second-order valence-electron chi connectivity index (χ2n) is 7.30. The van der Waals surface area contributed by atoms with Gasteiger partial charge in [-0.2, -0.15) is 0 Å². The fourth-order valence-corrected chi connectivity index (χ4v) is 3.87. The summed E-state index contributed by atoms with van der Waals surface area (Å²) in [6, 6.07) is 0.780. The van der Waals surface area contributed by atoms with Crippen LogP contribution in [0.4, 0.5) is 0 Å². The van der Waals surface area contributed by atoms with Crippen LogP contribution in [0.5, 0.6) is 0 Å². The maximum atomic E-state index is 12.3. The van der Waals surface area contributed by atoms with Crippen LogP contribution in [0, 0.1) is 11.8 Å². The predicted molar refractivity (Wildman–Crippen MR) is 85.6 cm³/mol. The minimum atomic E-state index is -0.764. The highest BCUT2D eigenvalue weighted by Gasteiger charge is 2.33. The third-order valence-electron chi connectivity index (χ3n) is 4.88. The molecular weight excluding hydrogens is 280 g/mol. The Balaban J connectivity index is 1.97. The van der Waals surface area contributed by atoms with Gasteiger partial charge in [0.25, 0.3) is 0 Å². The van der Waals surface area contributed by atoms with E-state index in [-0.39, 0.29) is 30.2 Å². The Kier molecular flexibility index (Phi) is 6.24. The third kappa shape index (κ3) is 4.97. The molecule has 2 unspecified atom stereocenters. The van der Waals surface area contributed by atoms with Crippen molar-refractivity contribution in [3.63, 3.8) is 0 Å². The molecule has 1 heterocycles. The van der Waals surface area contributed by atoms with Crippen LogP contribution < -0.4 is 5.32 Å². The van der Waals surface area contributed by atoms with Gasteiger partial charge in [0.15, 0.2) is 0 Å². The smallest absolute Gasteiger partial charge is 0.303 e. The molecule has 5 heteroatoms. The number of amides is 1. The number of nitrogens with zero attached hydrogens (tertiary/aromatic N) is 1. The Bertz CT molecular complexity index is 391. The van der Waals surface area contributed by atoms with Gasteiger partial charge in [-0.25, -0.2) is 0 Å². The van der Waals surface area contributed by atoms with Gasteiger partial charge in [0.2, 0.25) is 5.91 Å². The van der Waals surface area contributed by atoms with E-state index in [2.05, 4.69) is 5.32 Å². The van der Waals surface area contributed by atoms with E-state index in [4.69, 9.17) is 5.11 Å². The number of aliphatic carboxylic acids is 1. The molecule has 2 N–H and O–H groups in total. The molecular formula is C17H30N2O3. The van der Waals surface area contributed by atoms with Crippen LogP contribution in [0.2, 0.25) is 0 Å². The van der Waals surface area contributed by atoms with Crippen molar-refractivity contribution in [1.82, 2.24) is 10.2 Å². The minimum Gasteiger partial charge on any atom is -0.481 e. The van der Waals surface area contributed by atoms with Crippen molar-refractivity contribution in [3.8, 4) is 0 Å². The first-order chi connectivity index (χ1) is 10.5. The molecule has 1 aliphatic heterocycles. The average molecular weight is 310 g/mol.